The predicted molar refractivity (Wildman–Crippen MR) is 133 cm³/mol. The number of sulfonamides is 1. The highest BCUT2D eigenvalue weighted by molar-refractivity contribution is 7.89. The number of nitrogens with zero attached hydrogens (tertiary/aromatic N) is 3. The van der Waals surface area contributed by atoms with Crippen LogP contribution >= 0.6 is 0 Å². The van der Waals surface area contributed by atoms with Crippen LogP contribution in [0.1, 0.15) is 16.7 Å². The zero-order chi connectivity index (χ0) is 24.7. The molecule has 4 rings (SSSR count). The van der Waals surface area contributed by atoms with E-state index in [1.807, 2.05) is 54.3 Å². The first-order valence-corrected chi connectivity index (χ1v) is 13.0. The SMILES string of the molecule is Cc1ccc(S(=O)(=O)N2CCN(CC(=O)NCc3ccnc(OCc4ccccc4)c3)CC2)cc1. The maximum atomic E-state index is 12.9. The minimum atomic E-state index is -3.52. The third kappa shape index (κ3) is 6.88. The molecule has 1 saturated heterocycles. The van der Waals surface area contributed by atoms with Gasteiger partial charge >= 0.3 is 0 Å². The molecule has 0 radical (unpaired) electrons. The lowest BCUT2D eigenvalue weighted by atomic mass is 10.2. The second-order valence-corrected chi connectivity index (χ2v) is 10.5. The Hall–Kier alpha value is -3.27. The molecule has 2 aromatic carbocycles. The van der Waals surface area contributed by atoms with Crippen molar-refractivity contribution in [2.45, 2.75) is 25.0 Å². The minimum absolute atomic E-state index is 0.108. The molecule has 9 heteroatoms. The van der Waals surface area contributed by atoms with Crippen molar-refractivity contribution in [3.63, 3.8) is 0 Å². The fraction of sp³-hybridized carbons (Fsp3) is 0.308. The van der Waals surface area contributed by atoms with Gasteiger partial charge in [0.15, 0.2) is 0 Å². The smallest absolute Gasteiger partial charge is 0.243 e. The van der Waals surface area contributed by atoms with Crippen molar-refractivity contribution < 1.29 is 17.9 Å². The molecule has 1 fully saturated rings. The molecule has 0 spiro atoms. The number of hydrogen-bond donors (Lipinski definition) is 1. The standard InChI is InChI=1S/C26H30N4O4S/c1-21-7-9-24(10-8-21)35(32,33)30-15-13-29(14-16-30)19-25(31)28-18-23-11-12-27-26(17-23)34-20-22-5-3-2-4-6-22/h2-12,17H,13-16,18-20H2,1H3,(H,28,31). The summed E-state index contributed by atoms with van der Waals surface area (Å²) >= 11 is 0. The van der Waals surface area contributed by atoms with E-state index in [9.17, 15) is 13.2 Å². The van der Waals surface area contributed by atoms with E-state index < -0.39 is 10.0 Å². The summed E-state index contributed by atoms with van der Waals surface area (Å²) < 4.78 is 32.9. The zero-order valence-corrected chi connectivity index (χ0v) is 20.6. The molecule has 0 unspecified atom stereocenters. The summed E-state index contributed by atoms with van der Waals surface area (Å²) in [6.07, 6.45) is 1.66. The van der Waals surface area contributed by atoms with Crippen molar-refractivity contribution in [1.29, 1.82) is 0 Å². The van der Waals surface area contributed by atoms with Crippen LogP contribution in [0.15, 0.2) is 77.8 Å². The average molecular weight is 495 g/mol. The van der Waals surface area contributed by atoms with Gasteiger partial charge in [0.25, 0.3) is 0 Å². The van der Waals surface area contributed by atoms with E-state index in [0.717, 1.165) is 16.7 Å². The monoisotopic (exact) mass is 494 g/mol. The molecule has 0 saturated carbocycles. The number of piperazine rings is 1. The Morgan fingerprint density at radius 3 is 2.40 bits per heavy atom. The van der Waals surface area contributed by atoms with E-state index in [1.165, 1.54) is 4.31 Å². The number of carbonyl (C=O) groups excluding carboxylic acids is 1. The lowest BCUT2D eigenvalue weighted by Crippen LogP contribution is -2.50. The summed E-state index contributed by atoms with van der Waals surface area (Å²) in [4.78, 5) is 19.0. The first-order valence-electron chi connectivity index (χ1n) is 11.6. The largest absolute Gasteiger partial charge is 0.473 e. The van der Waals surface area contributed by atoms with Gasteiger partial charge in [0, 0.05) is 45.0 Å². The third-order valence-electron chi connectivity index (χ3n) is 5.88. The molecule has 8 nitrogen and oxygen atoms in total. The summed E-state index contributed by atoms with van der Waals surface area (Å²) in [6.45, 7) is 4.66. The molecule has 0 bridgehead atoms. The van der Waals surface area contributed by atoms with Gasteiger partial charge in [-0.2, -0.15) is 4.31 Å². The first-order chi connectivity index (χ1) is 16.9. The molecule has 1 aliphatic rings. The Kier molecular flexibility index (Phi) is 8.12. The Labute approximate surface area is 206 Å². The van der Waals surface area contributed by atoms with Crippen molar-refractivity contribution >= 4 is 15.9 Å². The number of aryl methyl sites for hydroxylation is 1. The minimum Gasteiger partial charge on any atom is -0.473 e. The van der Waals surface area contributed by atoms with Crippen LogP contribution in [0.5, 0.6) is 5.88 Å². The highest BCUT2D eigenvalue weighted by Crippen LogP contribution is 2.18. The maximum absolute atomic E-state index is 12.9. The summed E-state index contributed by atoms with van der Waals surface area (Å²) in [5.41, 5.74) is 2.97. The van der Waals surface area contributed by atoms with Gasteiger partial charge in [0.1, 0.15) is 6.61 Å². The number of nitrogens with one attached hydrogen (secondary N) is 1. The lowest BCUT2D eigenvalue weighted by Gasteiger charge is -2.33. The van der Waals surface area contributed by atoms with Crippen LogP contribution < -0.4 is 10.1 Å². The van der Waals surface area contributed by atoms with Gasteiger partial charge in [-0.15, -0.1) is 0 Å². The van der Waals surface area contributed by atoms with Gasteiger partial charge in [-0.1, -0.05) is 48.0 Å². The topological polar surface area (TPSA) is 91.8 Å². The van der Waals surface area contributed by atoms with Crippen LogP contribution in [0.4, 0.5) is 0 Å². The van der Waals surface area contributed by atoms with Crippen molar-refractivity contribution in [3.05, 3.63) is 89.6 Å². The summed E-state index contributed by atoms with van der Waals surface area (Å²) in [5.74, 6) is 0.398. The zero-order valence-electron chi connectivity index (χ0n) is 19.8. The van der Waals surface area contributed by atoms with Crippen LogP contribution in [0.2, 0.25) is 0 Å². The van der Waals surface area contributed by atoms with Gasteiger partial charge in [-0.3, -0.25) is 9.69 Å². The Balaban J connectivity index is 1.22. The van der Waals surface area contributed by atoms with Crippen LogP contribution in [-0.2, 0) is 28.0 Å². The maximum Gasteiger partial charge on any atom is 0.243 e. The Morgan fingerprint density at radius 2 is 1.69 bits per heavy atom. The van der Waals surface area contributed by atoms with E-state index in [0.29, 0.717) is 50.1 Å². The molecule has 2 heterocycles. The lowest BCUT2D eigenvalue weighted by molar-refractivity contribution is -0.122. The molecule has 1 amide bonds. The number of pyridine rings is 1. The fourth-order valence-electron chi connectivity index (χ4n) is 3.82. The van der Waals surface area contributed by atoms with Crippen LogP contribution in [0, 0.1) is 6.92 Å². The number of aromatic nitrogens is 1. The van der Waals surface area contributed by atoms with Crippen molar-refractivity contribution in [2.75, 3.05) is 32.7 Å². The van der Waals surface area contributed by atoms with E-state index >= 15 is 0 Å². The predicted octanol–water partition coefficient (Wildman–Crippen LogP) is 2.59. The van der Waals surface area contributed by atoms with Crippen LogP contribution in [-0.4, -0.2) is 61.2 Å². The van der Waals surface area contributed by atoms with Crippen LogP contribution in [0.25, 0.3) is 0 Å². The highest BCUT2D eigenvalue weighted by atomic mass is 32.2. The normalized spacial score (nSPS) is 15.0. The van der Waals surface area contributed by atoms with Crippen molar-refractivity contribution in [2.24, 2.45) is 0 Å². The summed E-state index contributed by atoms with van der Waals surface area (Å²) in [5, 5.41) is 2.92. The Bertz CT molecular complexity index is 1230. The molecule has 0 aliphatic carbocycles. The van der Waals surface area contributed by atoms with Crippen LogP contribution in [0.3, 0.4) is 0 Å². The van der Waals surface area contributed by atoms with Gasteiger partial charge < -0.3 is 10.1 Å². The quantitative estimate of drug-likeness (QED) is 0.492. The average Bonchev–Trinajstić information content (AvgIpc) is 2.88. The number of ether oxygens (including phenoxy) is 1. The second-order valence-electron chi connectivity index (χ2n) is 8.55. The van der Waals surface area contributed by atoms with Crippen molar-refractivity contribution in [3.8, 4) is 5.88 Å². The molecule has 184 valence electrons. The van der Waals surface area contributed by atoms with Crippen molar-refractivity contribution in [1.82, 2.24) is 19.5 Å². The molecule has 1 aromatic heterocycles. The third-order valence-corrected chi connectivity index (χ3v) is 7.79. The highest BCUT2D eigenvalue weighted by Gasteiger charge is 2.28. The summed E-state index contributed by atoms with van der Waals surface area (Å²) in [6, 6.07) is 20.4. The Morgan fingerprint density at radius 1 is 0.971 bits per heavy atom. The van der Waals surface area contributed by atoms with E-state index in [-0.39, 0.29) is 12.5 Å². The van der Waals surface area contributed by atoms with Gasteiger partial charge in [-0.05, 0) is 36.2 Å². The summed E-state index contributed by atoms with van der Waals surface area (Å²) in [7, 11) is -3.52. The number of hydrogen-bond acceptors (Lipinski definition) is 6. The molecule has 0 atom stereocenters. The molecule has 3 aromatic rings. The van der Waals surface area contributed by atoms with Gasteiger partial charge in [0.05, 0.1) is 11.4 Å². The van der Waals surface area contributed by atoms with E-state index in [1.54, 1.807) is 30.5 Å². The van der Waals surface area contributed by atoms with Gasteiger partial charge in [0.2, 0.25) is 21.8 Å². The molecule has 1 aliphatic heterocycles. The molecule has 35 heavy (non-hydrogen) atoms. The van der Waals surface area contributed by atoms with E-state index in [4.69, 9.17) is 4.74 Å². The van der Waals surface area contributed by atoms with E-state index in [2.05, 4.69) is 10.3 Å². The molecular formula is C26H30N4O4S. The number of rotatable bonds is 9. The number of carbonyl (C=O) groups is 1. The number of amides is 1. The molecule has 1 N–H and O–H groups in total. The fourth-order valence-corrected chi connectivity index (χ4v) is 5.24. The van der Waals surface area contributed by atoms with Gasteiger partial charge in [-0.25, -0.2) is 13.4 Å². The number of benzene rings is 2. The second kappa shape index (κ2) is 11.4. The first kappa shape index (κ1) is 24.8. The molecular weight excluding hydrogens is 464 g/mol.